The normalized spacial score (nSPS) is 24.3. The number of carbonyl (C=O) groups is 1. The number of likely N-dealkylation sites (N-methyl/N-ethyl adjacent to an activating group) is 1. The maximum Gasteiger partial charge on any atom is 0.220 e. The van der Waals surface area contributed by atoms with E-state index in [0.29, 0.717) is 19.5 Å². The lowest BCUT2D eigenvalue weighted by Gasteiger charge is -2.13. The van der Waals surface area contributed by atoms with Crippen LogP contribution in [-0.2, 0) is 11.3 Å². The van der Waals surface area contributed by atoms with Gasteiger partial charge in [0.25, 0.3) is 0 Å². The van der Waals surface area contributed by atoms with E-state index in [2.05, 4.69) is 10.2 Å². The monoisotopic (exact) mass is 251 g/mol. The van der Waals surface area contributed by atoms with E-state index in [-0.39, 0.29) is 17.9 Å². The van der Waals surface area contributed by atoms with Crippen molar-refractivity contribution in [1.82, 2.24) is 14.8 Å². The molecule has 2 rings (SSSR count). The molecule has 5 nitrogen and oxygen atoms in total. The summed E-state index contributed by atoms with van der Waals surface area (Å²) in [5, 5.41) is 12.7. The Morgan fingerprint density at radius 1 is 1.39 bits per heavy atom. The van der Waals surface area contributed by atoms with Crippen molar-refractivity contribution in [2.45, 2.75) is 19.1 Å². The highest BCUT2D eigenvalue weighted by Crippen LogP contribution is 2.18. The zero-order valence-corrected chi connectivity index (χ0v) is 10.7. The van der Waals surface area contributed by atoms with E-state index in [1.807, 2.05) is 36.1 Å². The molecule has 18 heavy (non-hydrogen) atoms. The second-order valence-corrected chi connectivity index (χ2v) is 5.02. The van der Waals surface area contributed by atoms with E-state index in [0.717, 1.165) is 13.1 Å². The van der Waals surface area contributed by atoms with E-state index < -0.39 is 0 Å². The van der Waals surface area contributed by atoms with Crippen molar-refractivity contribution in [3.05, 3.63) is 24.5 Å². The molecule has 2 heterocycles. The second-order valence-electron chi connectivity index (χ2n) is 5.02. The summed E-state index contributed by atoms with van der Waals surface area (Å²) in [6.45, 7) is 2.88. The Bertz CT molecular complexity index is 378. The van der Waals surface area contributed by atoms with E-state index in [1.54, 1.807) is 0 Å². The van der Waals surface area contributed by atoms with Crippen LogP contribution in [0.1, 0.15) is 6.42 Å². The predicted molar refractivity (Wildman–Crippen MR) is 69.1 cm³/mol. The minimum Gasteiger partial charge on any atom is -0.391 e. The third-order valence-corrected chi connectivity index (χ3v) is 3.40. The lowest BCUT2D eigenvalue weighted by atomic mass is 10.0. The lowest BCUT2D eigenvalue weighted by molar-refractivity contribution is -0.122. The van der Waals surface area contributed by atoms with Crippen molar-refractivity contribution in [2.24, 2.45) is 5.92 Å². The van der Waals surface area contributed by atoms with Crippen molar-refractivity contribution in [1.29, 1.82) is 0 Å². The first kappa shape index (κ1) is 13.1. The number of amides is 1. The highest BCUT2D eigenvalue weighted by Gasteiger charge is 2.30. The average molecular weight is 251 g/mol. The van der Waals surface area contributed by atoms with Gasteiger partial charge in [-0.05, 0) is 19.2 Å². The summed E-state index contributed by atoms with van der Waals surface area (Å²) in [5.74, 6) is 0.100. The standard InChI is InChI=1S/C13H21N3O2/c1-15-9-11(12(17)10-15)8-13(18)14-4-7-16-5-2-3-6-16/h2-3,5-6,11-12,17H,4,7-10H2,1H3,(H,14,18)/t11-,12-/m1/s1. The largest absolute Gasteiger partial charge is 0.391 e. The number of aliphatic hydroxyl groups excluding tert-OH is 1. The zero-order chi connectivity index (χ0) is 13.0. The molecule has 2 N–H and O–H groups in total. The Morgan fingerprint density at radius 2 is 2.11 bits per heavy atom. The van der Waals surface area contributed by atoms with Gasteiger partial charge < -0.3 is 19.9 Å². The number of aliphatic hydroxyl groups is 1. The van der Waals surface area contributed by atoms with Crippen LogP contribution in [0.15, 0.2) is 24.5 Å². The number of nitrogens with zero attached hydrogens (tertiary/aromatic N) is 2. The van der Waals surface area contributed by atoms with Crippen LogP contribution in [0.2, 0.25) is 0 Å². The Balaban J connectivity index is 1.66. The van der Waals surface area contributed by atoms with Crippen LogP contribution in [0.4, 0.5) is 0 Å². The molecule has 0 aliphatic carbocycles. The number of hydrogen-bond acceptors (Lipinski definition) is 3. The smallest absolute Gasteiger partial charge is 0.220 e. The van der Waals surface area contributed by atoms with Gasteiger partial charge in [0, 0.05) is 50.9 Å². The number of β-amino-alcohol motifs (C(OH)–C–C–N with tert-alkyl or cyclic N) is 1. The van der Waals surface area contributed by atoms with Gasteiger partial charge in [0.05, 0.1) is 6.10 Å². The van der Waals surface area contributed by atoms with Crippen LogP contribution in [0.5, 0.6) is 0 Å². The minimum atomic E-state index is -0.370. The number of rotatable bonds is 5. The first-order valence-corrected chi connectivity index (χ1v) is 6.39. The van der Waals surface area contributed by atoms with Crippen molar-refractivity contribution in [3.8, 4) is 0 Å². The number of carbonyl (C=O) groups excluding carboxylic acids is 1. The van der Waals surface area contributed by atoms with Crippen LogP contribution < -0.4 is 5.32 Å². The maximum atomic E-state index is 11.7. The van der Waals surface area contributed by atoms with Gasteiger partial charge in [-0.25, -0.2) is 0 Å². The summed E-state index contributed by atoms with van der Waals surface area (Å²) in [6.07, 6.45) is 3.99. The molecule has 1 saturated heterocycles. The molecular weight excluding hydrogens is 230 g/mol. The average Bonchev–Trinajstić information content (AvgIpc) is 2.90. The van der Waals surface area contributed by atoms with Crippen molar-refractivity contribution < 1.29 is 9.90 Å². The zero-order valence-electron chi connectivity index (χ0n) is 10.7. The summed E-state index contributed by atoms with van der Waals surface area (Å²) in [7, 11) is 1.97. The summed E-state index contributed by atoms with van der Waals surface area (Å²) in [4.78, 5) is 13.8. The highest BCUT2D eigenvalue weighted by molar-refractivity contribution is 5.76. The van der Waals surface area contributed by atoms with Gasteiger partial charge >= 0.3 is 0 Å². The molecule has 100 valence electrons. The quantitative estimate of drug-likeness (QED) is 0.769. The fourth-order valence-corrected chi connectivity index (χ4v) is 2.42. The minimum absolute atomic E-state index is 0.0292. The molecule has 1 aliphatic rings. The summed E-state index contributed by atoms with van der Waals surface area (Å²) in [6, 6.07) is 3.93. The predicted octanol–water partition coefficient (Wildman–Crippen LogP) is -0.0831. The molecule has 1 fully saturated rings. The van der Waals surface area contributed by atoms with Crippen molar-refractivity contribution in [3.63, 3.8) is 0 Å². The van der Waals surface area contributed by atoms with Gasteiger partial charge in [0.15, 0.2) is 0 Å². The molecule has 2 atom stereocenters. The van der Waals surface area contributed by atoms with E-state index in [1.165, 1.54) is 0 Å². The number of aromatic nitrogens is 1. The molecule has 0 bridgehead atoms. The Hall–Kier alpha value is -1.33. The molecule has 0 spiro atoms. The molecule has 0 saturated carbocycles. The number of likely N-dealkylation sites (tertiary alicyclic amines) is 1. The van der Waals surface area contributed by atoms with Gasteiger partial charge in [-0.1, -0.05) is 0 Å². The molecular formula is C13H21N3O2. The second kappa shape index (κ2) is 6.02. The Labute approximate surface area is 107 Å². The van der Waals surface area contributed by atoms with Gasteiger partial charge in [-0.15, -0.1) is 0 Å². The van der Waals surface area contributed by atoms with Crippen molar-refractivity contribution >= 4 is 5.91 Å². The molecule has 0 unspecified atom stereocenters. The first-order valence-electron chi connectivity index (χ1n) is 6.39. The third-order valence-electron chi connectivity index (χ3n) is 3.40. The number of hydrogen-bond donors (Lipinski definition) is 2. The SMILES string of the molecule is CN1C[C@@H](CC(=O)NCCn2cccc2)[C@H](O)C1. The van der Waals surface area contributed by atoms with E-state index in [9.17, 15) is 9.90 Å². The third kappa shape index (κ3) is 3.58. The van der Waals surface area contributed by atoms with Crippen molar-refractivity contribution in [2.75, 3.05) is 26.7 Å². The molecule has 0 radical (unpaired) electrons. The maximum absolute atomic E-state index is 11.7. The van der Waals surface area contributed by atoms with Gasteiger partial charge in [0.2, 0.25) is 5.91 Å². The van der Waals surface area contributed by atoms with Gasteiger partial charge in [0.1, 0.15) is 0 Å². The summed E-state index contributed by atoms with van der Waals surface area (Å²) >= 11 is 0. The molecule has 1 aromatic rings. The molecule has 5 heteroatoms. The van der Waals surface area contributed by atoms with Crippen LogP contribution in [0.3, 0.4) is 0 Å². The van der Waals surface area contributed by atoms with E-state index >= 15 is 0 Å². The highest BCUT2D eigenvalue weighted by atomic mass is 16.3. The number of nitrogens with one attached hydrogen (secondary N) is 1. The topological polar surface area (TPSA) is 57.5 Å². The van der Waals surface area contributed by atoms with Crippen LogP contribution in [0, 0.1) is 5.92 Å². The van der Waals surface area contributed by atoms with Gasteiger partial charge in [-0.3, -0.25) is 4.79 Å². The van der Waals surface area contributed by atoms with Crippen LogP contribution >= 0.6 is 0 Å². The fraction of sp³-hybridized carbons (Fsp3) is 0.615. The van der Waals surface area contributed by atoms with Crippen LogP contribution in [0.25, 0.3) is 0 Å². The molecule has 0 aromatic carbocycles. The van der Waals surface area contributed by atoms with Crippen LogP contribution in [-0.4, -0.2) is 53.3 Å². The Kier molecular flexibility index (Phi) is 4.38. The summed E-state index contributed by atoms with van der Waals surface area (Å²) < 4.78 is 2.03. The molecule has 1 aromatic heterocycles. The molecule has 1 aliphatic heterocycles. The Morgan fingerprint density at radius 3 is 2.72 bits per heavy atom. The summed E-state index contributed by atoms with van der Waals surface area (Å²) in [5.41, 5.74) is 0. The molecule has 1 amide bonds. The lowest BCUT2D eigenvalue weighted by Crippen LogP contribution is -2.31. The van der Waals surface area contributed by atoms with E-state index in [4.69, 9.17) is 0 Å². The van der Waals surface area contributed by atoms with Gasteiger partial charge in [-0.2, -0.15) is 0 Å². The first-order chi connectivity index (χ1) is 8.65. The fourth-order valence-electron chi connectivity index (χ4n) is 2.42.